The van der Waals surface area contributed by atoms with Gasteiger partial charge in [0.15, 0.2) is 6.04 Å². The summed E-state index contributed by atoms with van der Waals surface area (Å²) >= 11 is 11.8. The van der Waals surface area contributed by atoms with Crippen LogP contribution in [-0.2, 0) is 0 Å². The highest BCUT2D eigenvalue weighted by Gasteiger charge is 2.49. The number of halogens is 2. The fraction of sp³-hybridized carbons (Fsp3) is 0.188. The Morgan fingerprint density at radius 2 is 1.75 bits per heavy atom. The molecule has 0 saturated carbocycles. The molecule has 8 heteroatoms. The Hall–Kier alpha value is -2.31. The number of nitrogens with zero attached hydrogens (tertiary/aromatic N) is 1. The molecule has 0 radical (unpaired) electrons. The molecule has 0 saturated heterocycles. The van der Waals surface area contributed by atoms with E-state index in [2.05, 4.69) is 5.32 Å². The van der Waals surface area contributed by atoms with E-state index in [1.54, 1.807) is 54.6 Å². The lowest BCUT2D eigenvalue weighted by molar-refractivity contribution is -0.521. The quantitative estimate of drug-likeness (QED) is 0.365. The number of hydrogen-bond acceptors (Lipinski definition) is 4. The number of nitro groups is 1. The molecule has 1 amide bonds. The molecule has 0 aliphatic heterocycles. The highest BCUT2D eigenvalue weighted by molar-refractivity contribution is 6.47. The van der Waals surface area contributed by atoms with Crippen molar-refractivity contribution in [3.8, 4) is 5.75 Å². The summed E-state index contributed by atoms with van der Waals surface area (Å²) in [6.45, 7) is 0. The van der Waals surface area contributed by atoms with Gasteiger partial charge in [-0.3, -0.25) is 14.9 Å². The summed E-state index contributed by atoms with van der Waals surface area (Å²) in [4.78, 5) is 22.7. The minimum absolute atomic E-state index is 0.337. The monoisotopic (exact) mass is 368 g/mol. The van der Waals surface area contributed by atoms with E-state index in [1.165, 1.54) is 7.11 Å². The average Bonchev–Trinajstić information content (AvgIpc) is 2.60. The molecule has 0 heterocycles. The molecule has 1 unspecified atom stereocenters. The largest absolute Gasteiger partial charge is 0.497 e. The van der Waals surface area contributed by atoms with Gasteiger partial charge >= 0.3 is 4.46 Å². The number of carbonyl (C=O) groups is 1. The van der Waals surface area contributed by atoms with Crippen molar-refractivity contribution in [1.82, 2.24) is 5.32 Å². The van der Waals surface area contributed by atoms with Gasteiger partial charge in [-0.1, -0.05) is 30.3 Å². The topological polar surface area (TPSA) is 81.5 Å². The zero-order valence-corrected chi connectivity index (χ0v) is 14.1. The Labute approximate surface area is 148 Å². The number of methoxy groups -OCH3 is 1. The molecule has 2 aromatic carbocycles. The lowest BCUT2D eigenvalue weighted by Crippen LogP contribution is -2.43. The fourth-order valence-corrected chi connectivity index (χ4v) is 2.44. The van der Waals surface area contributed by atoms with Gasteiger partial charge in [-0.05, 0) is 53.0 Å². The third-order valence-corrected chi connectivity index (χ3v) is 4.06. The van der Waals surface area contributed by atoms with Crippen molar-refractivity contribution >= 4 is 29.1 Å². The minimum atomic E-state index is -2.43. The first-order valence-corrected chi connectivity index (χ1v) is 7.64. The number of amides is 1. The fourth-order valence-electron chi connectivity index (χ4n) is 2.08. The second kappa shape index (κ2) is 7.51. The van der Waals surface area contributed by atoms with Gasteiger partial charge in [0.2, 0.25) is 0 Å². The first kappa shape index (κ1) is 18.0. The van der Waals surface area contributed by atoms with Crippen LogP contribution in [-0.4, -0.2) is 22.4 Å². The predicted molar refractivity (Wildman–Crippen MR) is 91.1 cm³/mol. The maximum atomic E-state index is 12.3. The summed E-state index contributed by atoms with van der Waals surface area (Å²) in [6.07, 6.45) is 0. The van der Waals surface area contributed by atoms with Crippen LogP contribution < -0.4 is 10.1 Å². The summed E-state index contributed by atoms with van der Waals surface area (Å²) < 4.78 is 2.61. The second-order valence-corrected chi connectivity index (χ2v) is 6.24. The zero-order valence-electron chi connectivity index (χ0n) is 12.6. The Kier molecular flexibility index (Phi) is 5.64. The van der Waals surface area contributed by atoms with Gasteiger partial charge in [-0.25, -0.2) is 0 Å². The normalized spacial score (nSPS) is 12.3. The van der Waals surface area contributed by atoms with Crippen molar-refractivity contribution in [3.63, 3.8) is 0 Å². The van der Waals surface area contributed by atoms with Crippen molar-refractivity contribution in [2.45, 2.75) is 10.5 Å². The van der Waals surface area contributed by atoms with Crippen LogP contribution in [0.2, 0.25) is 0 Å². The lowest BCUT2D eigenvalue weighted by atomic mass is 10.1. The van der Waals surface area contributed by atoms with Crippen molar-refractivity contribution in [1.29, 1.82) is 0 Å². The van der Waals surface area contributed by atoms with E-state index in [9.17, 15) is 14.9 Å². The van der Waals surface area contributed by atoms with E-state index in [0.717, 1.165) is 0 Å². The third kappa shape index (κ3) is 3.96. The SMILES string of the molecule is COc1ccc(C(NC(=O)c2ccccc2)C(Cl)(Cl)[N+](=O)[O-])cc1. The van der Waals surface area contributed by atoms with Crippen molar-refractivity contribution < 1.29 is 14.5 Å². The van der Waals surface area contributed by atoms with Crippen LogP contribution in [0.1, 0.15) is 22.0 Å². The number of benzene rings is 2. The number of ether oxygens (including phenoxy) is 1. The molecule has 2 rings (SSSR count). The highest BCUT2D eigenvalue weighted by Crippen LogP contribution is 2.37. The maximum absolute atomic E-state index is 12.3. The molecule has 6 nitrogen and oxygen atoms in total. The number of rotatable bonds is 6. The summed E-state index contributed by atoms with van der Waals surface area (Å²) in [5.41, 5.74) is 0.713. The van der Waals surface area contributed by atoms with Crippen molar-refractivity contribution in [2.24, 2.45) is 0 Å². The van der Waals surface area contributed by atoms with Gasteiger partial charge in [-0.15, -0.1) is 0 Å². The van der Waals surface area contributed by atoms with Gasteiger partial charge < -0.3 is 10.1 Å². The molecule has 0 bridgehead atoms. The molecule has 0 aliphatic carbocycles. The molecule has 0 fully saturated rings. The zero-order chi connectivity index (χ0) is 17.7. The highest BCUT2D eigenvalue weighted by atomic mass is 35.5. The molecule has 24 heavy (non-hydrogen) atoms. The molecular formula is C16H14Cl2N2O4. The van der Waals surface area contributed by atoms with E-state index < -0.39 is 21.3 Å². The van der Waals surface area contributed by atoms with E-state index in [0.29, 0.717) is 16.9 Å². The van der Waals surface area contributed by atoms with E-state index in [4.69, 9.17) is 27.9 Å². The minimum Gasteiger partial charge on any atom is -0.497 e. The van der Waals surface area contributed by atoms with Gasteiger partial charge in [0.1, 0.15) is 5.75 Å². The number of alkyl halides is 2. The van der Waals surface area contributed by atoms with Gasteiger partial charge in [-0.2, -0.15) is 0 Å². The molecule has 1 N–H and O–H groups in total. The van der Waals surface area contributed by atoms with E-state index >= 15 is 0 Å². The van der Waals surface area contributed by atoms with E-state index in [1.807, 2.05) is 0 Å². The summed E-state index contributed by atoms with van der Waals surface area (Å²) in [7, 11) is 1.49. The van der Waals surface area contributed by atoms with Gasteiger partial charge in [0, 0.05) is 5.56 Å². The number of carbonyl (C=O) groups excluding carboxylic acids is 1. The van der Waals surface area contributed by atoms with Gasteiger partial charge in [0.25, 0.3) is 5.91 Å². The summed E-state index contributed by atoms with van der Waals surface area (Å²) in [5, 5.41) is 13.8. The van der Waals surface area contributed by atoms with E-state index in [-0.39, 0.29) is 0 Å². The molecule has 0 aliphatic rings. The van der Waals surface area contributed by atoms with Crippen LogP contribution >= 0.6 is 23.2 Å². The van der Waals surface area contributed by atoms with Crippen LogP contribution in [0.5, 0.6) is 5.75 Å². The molecule has 1 atom stereocenters. The molecule has 0 aromatic heterocycles. The summed E-state index contributed by atoms with van der Waals surface area (Å²) in [5.74, 6) is 0.0340. The average molecular weight is 369 g/mol. The predicted octanol–water partition coefficient (Wildman–Crippen LogP) is 3.57. The van der Waals surface area contributed by atoms with Crippen LogP contribution in [0.4, 0.5) is 0 Å². The van der Waals surface area contributed by atoms with Crippen molar-refractivity contribution in [3.05, 3.63) is 75.8 Å². The molecule has 0 spiro atoms. The molecule has 2 aromatic rings. The first-order valence-electron chi connectivity index (χ1n) is 6.88. The standard InChI is InChI=1S/C16H14Cl2N2O4/c1-24-13-9-7-11(8-10-13)14(16(17,18)20(22)23)19-15(21)12-5-3-2-4-6-12/h2-10,14H,1H3,(H,19,21). The molecule has 126 valence electrons. The maximum Gasteiger partial charge on any atom is 0.394 e. The van der Waals surface area contributed by atoms with Crippen LogP contribution in [0.15, 0.2) is 54.6 Å². The Bertz CT molecular complexity index is 721. The number of nitrogens with one attached hydrogen (secondary N) is 1. The Morgan fingerprint density at radius 1 is 1.17 bits per heavy atom. The Morgan fingerprint density at radius 3 is 2.25 bits per heavy atom. The van der Waals surface area contributed by atoms with Gasteiger partial charge in [0.05, 0.1) is 12.0 Å². The van der Waals surface area contributed by atoms with Crippen LogP contribution in [0.3, 0.4) is 0 Å². The van der Waals surface area contributed by atoms with Crippen LogP contribution in [0, 0.1) is 10.1 Å². The third-order valence-electron chi connectivity index (χ3n) is 3.35. The second-order valence-electron chi connectivity index (χ2n) is 4.89. The summed E-state index contributed by atoms with van der Waals surface area (Å²) in [6, 6.07) is 13.3. The van der Waals surface area contributed by atoms with Crippen LogP contribution in [0.25, 0.3) is 0 Å². The Balaban J connectivity index is 2.36. The smallest absolute Gasteiger partial charge is 0.394 e. The lowest BCUT2D eigenvalue weighted by Gasteiger charge is -2.24. The number of hydrogen-bond donors (Lipinski definition) is 1. The van der Waals surface area contributed by atoms with Crippen molar-refractivity contribution in [2.75, 3.05) is 7.11 Å². The molecular weight excluding hydrogens is 355 g/mol. The first-order chi connectivity index (χ1) is 11.4.